The Labute approximate surface area is 164 Å². The molecule has 1 saturated heterocycles. The van der Waals surface area contributed by atoms with Gasteiger partial charge in [0.1, 0.15) is 11.6 Å². The van der Waals surface area contributed by atoms with Crippen molar-refractivity contribution in [2.45, 2.75) is 19.3 Å². The van der Waals surface area contributed by atoms with Gasteiger partial charge in [-0.3, -0.25) is 15.0 Å². The van der Waals surface area contributed by atoms with Gasteiger partial charge in [0.05, 0.1) is 0 Å². The van der Waals surface area contributed by atoms with Crippen LogP contribution in [0.5, 0.6) is 5.75 Å². The van der Waals surface area contributed by atoms with Gasteiger partial charge >= 0.3 is 0 Å². The molecule has 0 unspecified atom stereocenters. The summed E-state index contributed by atoms with van der Waals surface area (Å²) in [5, 5.41) is 10.2. The van der Waals surface area contributed by atoms with E-state index < -0.39 is 0 Å². The molecule has 146 valence electrons. The molecule has 4 N–H and O–H groups in total. The number of amidine groups is 1. The van der Waals surface area contributed by atoms with Crippen LogP contribution < -0.4 is 15.8 Å². The summed E-state index contributed by atoms with van der Waals surface area (Å²) in [6.07, 6.45) is 3.28. The highest BCUT2D eigenvalue weighted by molar-refractivity contribution is 5.96. The number of benzene rings is 2. The molecule has 2 aromatic rings. The number of ether oxygens (including phenoxy) is 1. The maximum Gasteiger partial charge on any atom is 0.262 e. The highest BCUT2D eigenvalue weighted by Gasteiger charge is 2.18. The third kappa shape index (κ3) is 5.09. The first-order chi connectivity index (χ1) is 13.5. The molecule has 1 heterocycles. The number of carbonyl (C=O) groups is 2. The Kier molecular flexibility index (Phi) is 6.26. The van der Waals surface area contributed by atoms with E-state index in [1.165, 1.54) is 6.42 Å². The number of nitrogens with one attached hydrogen (secondary N) is 2. The van der Waals surface area contributed by atoms with Crippen LogP contribution in [0.15, 0.2) is 48.5 Å². The molecule has 0 spiro atoms. The van der Waals surface area contributed by atoms with Crippen molar-refractivity contribution < 1.29 is 14.3 Å². The molecule has 7 heteroatoms. The monoisotopic (exact) mass is 380 g/mol. The van der Waals surface area contributed by atoms with Crippen molar-refractivity contribution in [2.75, 3.05) is 25.0 Å². The quantitative estimate of drug-likeness (QED) is 0.529. The summed E-state index contributed by atoms with van der Waals surface area (Å²) < 4.78 is 5.45. The highest BCUT2D eigenvalue weighted by atomic mass is 16.5. The van der Waals surface area contributed by atoms with E-state index in [2.05, 4.69) is 5.32 Å². The summed E-state index contributed by atoms with van der Waals surface area (Å²) in [6.45, 7) is 1.44. The van der Waals surface area contributed by atoms with E-state index in [0.29, 0.717) is 22.6 Å². The average Bonchev–Trinajstić information content (AvgIpc) is 2.73. The number of carbonyl (C=O) groups excluding carboxylic acids is 2. The van der Waals surface area contributed by atoms with Gasteiger partial charge in [0, 0.05) is 29.9 Å². The average molecular weight is 380 g/mol. The number of amides is 2. The number of anilines is 1. The molecule has 2 amide bonds. The molecule has 3 rings (SSSR count). The van der Waals surface area contributed by atoms with Crippen LogP contribution in [0.2, 0.25) is 0 Å². The lowest BCUT2D eigenvalue weighted by atomic mass is 10.1. The minimum Gasteiger partial charge on any atom is -0.484 e. The van der Waals surface area contributed by atoms with E-state index in [1.807, 2.05) is 4.90 Å². The van der Waals surface area contributed by atoms with E-state index in [4.69, 9.17) is 15.9 Å². The van der Waals surface area contributed by atoms with E-state index in [9.17, 15) is 9.59 Å². The normalized spacial score (nSPS) is 13.6. The number of nitrogen functional groups attached to an aromatic ring is 1. The number of rotatable bonds is 6. The molecule has 2 aromatic carbocycles. The molecule has 0 bridgehead atoms. The summed E-state index contributed by atoms with van der Waals surface area (Å²) in [6, 6.07) is 13.6. The number of nitrogens with zero attached hydrogens (tertiary/aromatic N) is 1. The highest BCUT2D eigenvalue weighted by Crippen LogP contribution is 2.16. The van der Waals surface area contributed by atoms with Gasteiger partial charge in [-0.05, 0) is 55.7 Å². The Morgan fingerprint density at radius 2 is 1.75 bits per heavy atom. The van der Waals surface area contributed by atoms with Gasteiger partial charge in [0.15, 0.2) is 6.61 Å². The van der Waals surface area contributed by atoms with Gasteiger partial charge < -0.3 is 20.7 Å². The van der Waals surface area contributed by atoms with Crippen LogP contribution in [0.25, 0.3) is 0 Å². The second kappa shape index (κ2) is 9.03. The largest absolute Gasteiger partial charge is 0.484 e. The minimum atomic E-state index is -0.316. The first-order valence-corrected chi connectivity index (χ1v) is 9.29. The Balaban J connectivity index is 1.52. The molecule has 28 heavy (non-hydrogen) atoms. The van der Waals surface area contributed by atoms with Crippen LogP contribution in [-0.4, -0.2) is 42.2 Å². The van der Waals surface area contributed by atoms with Gasteiger partial charge in [-0.25, -0.2) is 0 Å². The summed E-state index contributed by atoms with van der Waals surface area (Å²) in [5.41, 5.74) is 7.20. The minimum absolute atomic E-state index is 0.0336. The third-order valence-electron chi connectivity index (χ3n) is 4.57. The Morgan fingerprint density at radius 1 is 1.04 bits per heavy atom. The van der Waals surface area contributed by atoms with Crippen molar-refractivity contribution in [1.29, 1.82) is 5.41 Å². The van der Waals surface area contributed by atoms with Crippen molar-refractivity contribution in [2.24, 2.45) is 5.73 Å². The predicted molar refractivity (Wildman–Crippen MR) is 108 cm³/mol. The van der Waals surface area contributed by atoms with Crippen molar-refractivity contribution in [3.05, 3.63) is 59.7 Å². The topological polar surface area (TPSA) is 109 Å². The smallest absolute Gasteiger partial charge is 0.262 e. The zero-order valence-corrected chi connectivity index (χ0v) is 15.6. The van der Waals surface area contributed by atoms with Crippen LogP contribution in [0.4, 0.5) is 5.69 Å². The lowest BCUT2D eigenvalue weighted by Gasteiger charge is -2.26. The molecule has 0 atom stereocenters. The number of hydrogen-bond acceptors (Lipinski definition) is 4. The van der Waals surface area contributed by atoms with Crippen molar-refractivity contribution in [1.82, 2.24) is 4.90 Å². The Morgan fingerprint density at radius 3 is 2.43 bits per heavy atom. The van der Waals surface area contributed by atoms with E-state index in [-0.39, 0.29) is 24.3 Å². The zero-order valence-electron chi connectivity index (χ0n) is 15.6. The van der Waals surface area contributed by atoms with Gasteiger partial charge in [-0.15, -0.1) is 0 Å². The zero-order chi connectivity index (χ0) is 19.9. The SMILES string of the molecule is N=C(N)c1cccc(OCC(=O)Nc2ccc(C(=O)N3CCCCC3)cc2)c1. The first kappa shape index (κ1) is 19.4. The maximum absolute atomic E-state index is 12.5. The van der Waals surface area contributed by atoms with Crippen molar-refractivity contribution in [3.8, 4) is 5.75 Å². The van der Waals surface area contributed by atoms with Gasteiger partial charge in [-0.2, -0.15) is 0 Å². The molecule has 0 aliphatic carbocycles. The van der Waals surface area contributed by atoms with Crippen molar-refractivity contribution in [3.63, 3.8) is 0 Å². The summed E-state index contributed by atoms with van der Waals surface area (Å²) >= 11 is 0. The molecule has 0 aromatic heterocycles. The van der Waals surface area contributed by atoms with Crippen LogP contribution >= 0.6 is 0 Å². The third-order valence-corrected chi connectivity index (χ3v) is 4.57. The Hall–Kier alpha value is -3.35. The van der Waals surface area contributed by atoms with E-state index >= 15 is 0 Å². The first-order valence-electron chi connectivity index (χ1n) is 9.29. The number of hydrogen-bond donors (Lipinski definition) is 3. The second-order valence-electron chi connectivity index (χ2n) is 6.71. The second-order valence-corrected chi connectivity index (χ2v) is 6.71. The lowest BCUT2D eigenvalue weighted by molar-refractivity contribution is -0.118. The summed E-state index contributed by atoms with van der Waals surface area (Å²) in [7, 11) is 0. The molecule has 1 aliphatic heterocycles. The Bertz CT molecular complexity index is 858. The number of likely N-dealkylation sites (tertiary alicyclic amines) is 1. The molecule has 1 fully saturated rings. The summed E-state index contributed by atoms with van der Waals surface area (Å²) in [4.78, 5) is 26.4. The van der Waals surface area contributed by atoms with Crippen LogP contribution in [-0.2, 0) is 4.79 Å². The molecule has 7 nitrogen and oxygen atoms in total. The lowest BCUT2D eigenvalue weighted by Crippen LogP contribution is -2.35. The molecular formula is C21H24N4O3. The fourth-order valence-corrected chi connectivity index (χ4v) is 3.08. The predicted octanol–water partition coefficient (Wildman–Crippen LogP) is 2.61. The van der Waals surface area contributed by atoms with Crippen LogP contribution in [0.3, 0.4) is 0 Å². The fourth-order valence-electron chi connectivity index (χ4n) is 3.08. The number of nitrogens with two attached hydrogens (primary N) is 1. The standard InChI is InChI=1S/C21H24N4O3/c22-20(23)16-5-4-6-18(13-16)28-14-19(26)24-17-9-7-15(8-10-17)21(27)25-11-2-1-3-12-25/h4-10,13H,1-3,11-12,14H2,(H3,22,23)(H,24,26). The fraction of sp³-hybridized carbons (Fsp3) is 0.286. The van der Waals surface area contributed by atoms with Crippen LogP contribution in [0.1, 0.15) is 35.2 Å². The molecular weight excluding hydrogens is 356 g/mol. The maximum atomic E-state index is 12.5. The van der Waals surface area contributed by atoms with Crippen LogP contribution in [0, 0.1) is 5.41 Å². The van der Waals surface area contributed by atoms with Gasteiger partial charge in [-0.1, -0.05) is 12.1 Å². The van der Waals surface area contributed by atoms with E-state index in [1.54, 1.807) is 48.5 Å². The van der Waals surface area contributed by atoms with Gasteiger partial charge in [0.2, 0.25) is 0 Å². The number of piperidine rings is 1. The van der Waals surface area contributed by atoms with Crippen molar-refractivity contribution >= 4 is 23.3 Å². The van der Waals surface area contributed by atoms with E-state index in [0.717, 1.165) is 25.9 Å². The molecule has 0 radical (unpaired) electrons. The molecule has 1 aliphatic rings. The summed E-state index contributed by atoms with van der Waals surface area (Å²) in [5.74, 6) is 0.119. The molecule has 0 saturated carbocycles. The van der Waals surface area contributed by atoms with Gasteiger partial charge in [0.25, 0.3) is 11.8 Å².